The smallest absolute Gasteiger partial charge is 0.352 e. The fourth-order valence-corrected chi connectivity index (χ4v) is 2.22. The van der Waals surface area contributed by atoms with Gasteiger partial charge in [0.15, 0.2) is 4.88 Å². The lowest BCUT2D eigenvalue weighted by molar-refractivity contribution is 0.0477. The molecule has 0 spiro atoms. The molecule has 0 saturated carbocycles. The predicted molar refractivity (Wildman–Crippen MR) is 73.4 cm³/mol. The first-order valence-electron chi connectivity index (χ1n) is 5.99. The highest BCUT2D eigenvalue weighted by Gasteiger charge is 2.16. The fraction of sp³-hybridized carbons (Fsp3) is 0.231. The average molecular weight is 291 g/mol. The molecule has 2 aromatic rings. The summed E-state index contributed by atoms with van der Waals surface area (Å²) in [5.41, 5.74) is 6.98. The second kappa shape index (κ2) is 6.25. The van der Waals surface area contributed by atoms with Gasteiger partial charge >= 0.3 is 5.97 Å². The van der Waals surface area contributed by atoms with E-state index >= 15 is 0 Å². The summed E-state index contributed by atoms with van der Waals surface area (Å²) < 4.78 is 8.93. The SMILES string of the molecule is CCc1nnsc1C(=O)OCc1ccc(C(N)=O)cc1. The Morgan fingerprint density at radius 3 is 2.60 bits per heavy atom. The van der Waals surface area contributed by atoms with Gasteiger partial charge in [0.25, 0.3) is 0 Å². The van der Waals surface area contributed by atoms with E-state index in [4.69, 9.17) is 10.5 Å². The van der Waals surface area contributed by atoms with Crippen LogP contribution in [-0.4, -0.2) is 21.5 Å². The van der Waals surface area contributed by atoms with E-state index in [1.807, 2.05) is 6.92 Å². The molecular formula is C13H13N3O3S. The summed E-state index contributed by atoms with van der Waals surface area (Å²) in [7, 11) is 0. The number of primary amides is 1. The van der Waals surface area contributed by atoms with E-state index in [1.165, 1.54) is 0 Å². The van der Waals surface area contributed by atoms with Crippen LogP contribution in [0.3, 0.4) is 0 Å². The van der Waals surface area contributed by atoms with Gasteiger partial charge in [-0.15, -0.1) is 5.10 Å². The quantitative estimate of drug-likeness (QED) is 0.843. The van der Waals surface area contributed by atoms with Crippen molar-refractivity contribution in [1.29, 1.82) is 0 Å². The Labute approximate surface area is 119 Å². The Balaban J connectivity index is 1.98. The second-order valence-electron chi connectivity index (χ2n) is 4.04. The maximum absolute atomic E-state index is 11.9. The number of carbonyl (C=O) groups is 2. The van der Waals surface area contributed by atoms with E-state index in [-0.39, 0.29) is 6.61 Å². The fourth-order valence-electron chi connectivity index (χ4n) is 1.57. The average Bonchev–Trinajstić information content (AvgIpc) is 2.93. The van der Waals surface area contributed by atoms with Crippen molar-refractivity contribution in [2.24, 2.45) is 5.73 Å². The van der Waals surface area contributed by atoms with Crippen LogP contribution < -0.4 is 5.73 Å². The molecule has 0 aliphatic heterocycles. The summed E-state index contributed by atoms with van der Waals surface area (Å²) in [4.78, 5) is 23.2. The molecule has 0 fully saturated rings. The summed E-state index contributed by atoms with van der Waals surface area (Å²) in [6.07, 6.45) is 0.633. The van der Waals surface area contributed by atoms with Gasteiger partial charge in [0.05, 0.1) is 5.69 Å². The van der Waals surface area contributed by atoms with E-state index in [9.17, 15) is 9.59 Å². The molecule has 0 radical (unpaired) electrons. The number of hydrogen-bond donors (Lipinski definition) is 1. The summed E-state index contributed by atoms with van der Waals surface area (Å²) >= 11 is 1.03. The number of hydrogen-bond acceptors (Lipinski definition) is 6. The Bertz CT molecular complexity index is 622. The second-order valence-corrected chi connectivity index (χ2v) is 4.79. The van der Waals surface area contributed by atoms with Gasteiger partial charge in [0.2, 0.25) is 5.91 Å². The molecule has 104 valence electrons. The van der Waals surface area contributed by atoms with Gasteiger partial charge in [-0.05, 0) is 35.6 Å². The number of benzene rings is 1. The Morgan fingerprint density at radius 2 is 2.00 bits per heavy atom. The van der Waals surface area contributed by atoms with Crippen molar-refractivity contribution in [2.45, 2.75) is 20.0 Å². The molecule has 0 aliphatic rings. The van der Waals surface area contributed by atoms with Crippen molar-refractivity contribution < 1.29 is 14.3 Å². The van der Waals surface area contributed by atoms with Crippen LogP contribution in [0.4, 0.5) is 0 Å². The molecule has 20 heavy (non-hydrogen) atoms. The van der Waals surface area contributed by atoms with Crippen molar-refractivity contribution in [3.05, 3.63) is 46.0 Å². The van der Waals surface area contributed by atoms with Crippen molar-refractivity contribution >= 4 is 23.4 Å². The number of carbonyl (C=O) groups excluding carboxylic acids is 2. The molecule has 1 amide bonds. The van der Waals surface area contributed by atoms with Crippen LogP contribution in [-0.2, 0) is 17.8 Å². The molecule has 2 N–H and O–H groups in total. The Hall–Kier alpha value is -2.28. The first-order chi connectivity index (χ1) is 9.61. The van der Waals surface area contributed by atoms with Gasteiger partial charge in [0.1, 0.15) is 6.61 Å². The van der Waals surface area contributed by atoms with Crippen molar-refractivity contribution in [3.63, 3.8) is 0 Å². The third kappa shape index (κ3) is 3.18. The lowest BCUT2D eigenvalue weighted by atomic mass is 10.1. The largest absolute Gasteiger partial charge is 0.457 e. The molecule has 0 bridgehead atoms. The topological polar surface area (TPSA) is 95.2 Å². The van der Waals surface area contributed by atoms with Crippen LogP contribution in [0.25, 0.3) is 0 Å². The van der Waals surface area contributed by atoms with Crippen LogP contribution in [0.5, 0.6) is 0 Å². The number of rotatable bonds is 5. The highest BCUT2D eigenvalue weighted by atomic mass is 32.1. The van der Waals surface area contributed by atoms with Crippen LogP contribution in [0.2, 0.25) is 0 Å². The first-order valence-corrected chi connectivity index (χ1v) is 6.76. The first kappa shape index (κ1) is 14.1. The minimum Gasteiger partial charge on any atom is -0.457 e. The third-order valence-electron chi connectivity index (χ3n) is 2.68. The third-order valence-corrected chi connectivity index (χ3v) is 3.43. The lowest BCUT2D eigenvalue weighted by Gasteiger charge is -2.04. The molecule has 0 aliphatic carbocycles. The normalized spacial score (nSPS) is 10.2. The zero-order chi connectivity index (χ0) is 14.5. The maximum Gasteiger partial charge on any atom is 0.352 e. The van der Waals surface area contributed by atoms with Crippen molar-refractivity contribution in [1.82, 2.24) is 9.59 Å². The molecule has 7 heteroatoms. The van der Waals surface area contributed by atoms with Crippen LogP contribution in [0.1, 0.15) is 38.2 Å². The van der Waals surface area contributed by atoms with E-state index < -0.39 is 11.9 Å². The summed E-state index contributed by atoms with van der Waals surface area (Å²) in [5, 5.41) is 3.86. The number of nitrogens with zero attached hydrogens (tertiary/aromatic N) is 2. The molecule has 0 atom stereocenters. The van der Waals surface area contributed by atoms with Gasteiger partial charge < -0.3 is 10.5 Å². The minimum atomic E-state index is -0.489. The predicted octanol–water partition coefficient (Wildman–Crippen LogP) is 1.56. The van der Waals surface area contributed by atoms with Gasteiger partial charge in [-0.1, -0.05) is 23.5 Å². The lowest BCUT2D eigenvalue weighted by Crippen LogP contribution is -2.11. The molecule has 0 unspecified atom stereocenters. The van der Waals surface area contributed by atoms with Crippen LogP contribution in [0, 0.1) is 0 Å². The van der Waals surface area contributed by atoms with Crippen LogP contribution >= 0.6 is 11.5 Å². The Kier molecular flexibility index (Phi) is 4.41. The van der Waals surface area contributed by atoms with Crippen LogP contribution in [0.15, 0.2) is 24.3 Å². The minimum absolute atomic E-state index is 0.124. The van der Waals surface area contributed by atoms with Gasteiger partial charge in [-0.2, -0.15) is 0 Å². The summed E-state index contributed by atoms with van der Waals surface area (Å²) in [5.74, 6) is -0.923. The standard InChI is InChI=1S/C13H13N3O3S/c1-2-10-11(20-16-15-10)13(18)19-7-8-3-5-9(6-4-8)12(14)17/h3-6H,2,7H2,1H3,(H2,14,17). The van der Waals surface area contributed by atoms with Gasteiger partial charge in [-0.3, -0.25) is 4.79 Å². The van der Waals surface area contributed by atoms with Gasteiger partial charge in [0, 0.05) is 5.56 Å². The maximum atomic E-state index is 11.9. The molecule has 1 heterocycles. The van der Waals surface area contributed by atoms with Gasteiger partial charge in [-0.25, -0.2) is 4.79 Å². The Morgan fingerprint density at radius 1 is 1.30 bits per heavy atom. The number of esters is 1. The van der Waals surface area contributed by atoms with E-state index in [1.54, 1.807) is 24.3 Å². The zero-order valence-corrected chi connectivity index (χ0v) is 11.6. The number of aromatic nitrogens is 2. The molecule has 2 rings (SSSR count). The number of amides is 1. The number of nitrogens with two attached hydrogens (primary N) is 1. The highest BCUT2D eigenvalue weighted by molar-refractivity contribution is 7.07. The molecule has 6 nitrogen and oxygen atoms in total. The van der Waals surface area contributed by atoms with E-state index in [0.717, 1.165) is 17.1 Å². The molecule has 1 aromatic carbocycles. The number of aryl methyl sites for hydroxylation is 1. The number of ether oxygens (including phenoxy) is 1. The highest BCUT2D eigenvalue weighted by Crippen LogP contribution is 2.14. The molecule has 0 saturated heterocycles. The van der Waals surface area contributed by atoms with E-state index in [0.29, 0.717) is 22.6 Å². The molecular weight excluding hydrogens is 278 g/mol. The van der Waals surface area contributed by atoms with Crippen molar-refractivity contribution in [2.75, 3.05) is 0 Å². The zero-order valence-electron chi connectivity index (χ0n) is 10.8. The summed E-state index contributed by atoms with van der Waals surface area (Å²) in [6.45, 7) is 2.02. The molecule has 1 aromatic heterocycles. The monoisotopic (exact) mass is 291 g/mol. The van der Waals surface area contributed by atoms with E-state index in [2.05, 4.69) is 9.59 Å². The summed E-state index contributed by atoms with van der Waals surface area (Å²) in [6, 6.07) is 6.58. The van der Waals surface area contributed by atoms with Crippen molar-refractivity contribution in [3.8, 4) is 0 Å².